The van der Waals surface area contributed by atoms with Crippen LogP contribution in [0.5, 0.6) is 0 Å². The Morgan fingerprint density at radius 3 is 2.90 bits per heavy atom. The molecule has 4 heteroatoms. The van der Waals surface area contributed by atoms with Crippen molar-refractivity contribution in [1.29, 1.82) is 0 Å². The summed E-state index contributed by atoms with van der Waals surface area (Å²) in [6.45, 7) is 8.46. The predicted molar refractivity (Wildman–Crippen MR) is 86.5 cm³/mol. The molecule has 20 heavy (non-hydrogen) atoms. The van der Waals surface area contributed by atoms with Crippen LogP contribution in [0.15, 0.2) is 42.8 Å². The van der Waals surface area contributed by atoms with Gasteiger partial charge in [-0.2, -0.15) is 0 Å². The van der Waals surface area contributed by atoms with E-state index in [0.717, 1.165) is 29.7 Å². The fourth-order valence-corrected chi connectivity index (χ4v) is 1.93. The van der Waals surface area contributed by atoms with Gasteiger partial charge in [-0.05, 0) is 25.5 Å². The average Bonchev–Trinajstić information content (AvgIpc) is 2.45. The van der Waals surface area contributed by atoms with Gasteiger partial charge in [0.1, 0.15) is 11.6 Å². The van der Waals surface area contributed by atoms with Crippen molar-refractivity contribution < 1.29 is 4.74 Å². The number of unbranched alkanes of at least 4 members (excludes halogenated alkanes) is 1. The molecule has 1 rings (SSSR count). The maximum atomic E-state index is 6.21. The summed E-state index contributed by atoms with van der Waals surface area (Å²) in [4.78, 5) is 3.97. The van der Waals surface area contributed by atoms with Gasteiger partial charge in [0, 0.05) is 17.3 Å². The van der Waals surface area contributed by atoms with Crippen molar-refractivity contribution in [3.63, 3.8) is 0 Å². The summed E-state index contributed by atoms with van der Waals surface area (Å²) >= 11 is 6.21. The lowest BCUT2D eigenvalue weighted by atomic mass is 10.0. The maximum absolute atomic E-state index is 6.21. The van der Waals surface area contributed by atoms with Crippen LogP contribution in [-0.2, 0) is 4.74 Å². The third-order valence-corrected chi connectivity index (χ3v) is 3.04. The van der Waals surface area contributed by atoms with E-state index in [1.54, 1.807) is 18.3 Å². The van der Waals surface area contributed by atoms with Gasteiger partial charge in [0.15, 0.2) is 0 Å². The molecule has 0 saturated carbocycles. The Kier molecular flexibility index (Phi) is 6.88. The van der Waals surface area contributed by atoms with Crippen LogP contribution in [0.1, 0.15) is 32.3 Å². The van der Waals surface area contributed by atoms with Gasteiger partial charge in [-0.15, -0.1) is 0 Å². The zero-order valence-corrected chi connectivity index (χ0v) is 12.8. The van der Waals surface area contributed by atoms with Crippen LogP contribution in [0.4, 0.5) is 5.82 Å². The quantitative estimate of drug-likeness (QED) is 0.453. The second-order valence-electron chi connectivity index (χ2n) is 4.26. The molecule has 0 atom stereocenters. The highest BCUT2D eigenvalue weighted by Crippen LogP contribution is 2.30. The number of allylic oxidation sites excluding steroid dienone is 4. The number of nitrogens with two attached hydrogens (primary N) is 1. The number of pyridine rings is 1. The zero-order chi connectivity index (χ0) is 15.0. The number of ether oxygens (including phenoxy) is 1. The largest absolute Gasteiger partial charge is 0.493 e. The molecule has 0 amide bonds. The molecule has 0 spiro atoms. The van der Waals surface area contributed by atoms with Crippen LogP contribution < -0.4 is 5.73 Å². The summed E-state index contributed by atoms with van der Waals surface area (Å²) in [5.41, 5.74) is 7.40. The SMILES string of the molecule is C=C/C=C(\C(=C/C)OCCCC)c1cc(N)ncc1Cl. The van der Waals surface area contributed by atoms with Crippen molar-refractivity contribution in [1.82, 2.24) is 4.98 Å². The molecule has 0 saturated heterocycles. The van der Waals surface area contributed by atoms with Gasteiger partial charge in [-0.1, -0.05) is 43.7 Å². The van der Waals surface area contributed by atoms with Crippen LogP contribution in [0.3, 0.4) is 0 Å². The van der Waals surface area contributed by atoms with E-state index in [2.05, 4.69) is 18.5 Å². The summed E-state index contributed by atoms with van der Waals surface area (Å²) < 4.78 is 5.82. The number of hydrogen-bond acceptors (Lipinski definition) is 3. The first-order valence-electron chi connectivity index (χ1n) is 6.67. The Bertz CT molecular complexity index is 521. The Balaban J connectivity index is 3.13. The van der Waals surface area contributed by atoms with Crippen molar-refractivity contribution in [3.05, 3.63) is 53.4 Å². The Hall–Kier alpha value is -1.74. The van der Waals surface area contributed by atoms with E-state index in [0.29, 0.717) is 17.4 Å². The third kappa shape index (κ3) is 4.42. The molecule has 1 aromatic rings. The summed E-state index contributed by atoms with van der Waals surface area (Å²) in [7, 11) is 0. The molecule has 0 aliphatic carbocycles. The minimum Gasteiger partial charge on any atom is -0.493 e. The van der Waals surface area contributed by atoms with E-state index in [1.165, 1.54) is 0 Å². The van der Waals surface area contributed by atoms with Crippen LogP contribution in [0.2, 0.25) is 5.02 Å². The van der Waals surface area contributed by atoms with Crippen molar-refractivity contribution in [3.8, 4) is 0 Å². The molecule has 1 heterocycles. The molecule has 2 N–H and O–H groups in total. The van der Waals surface area contributed by atoms with E-state index < -0.39 is 0 Å². The minimum atomic E-state index is 0.420. The third-order valence-electron chi connectivity index (χ3n) is 2.73. The lowest BCUT2D eigenvalue weighted by Crippen LogP contribution is -2.00. The molecule has 3 nitrogen and oxygen atoms in total. The molecule has 0 aromatic carbocycles. The highest BCUT2D eigenvalue weighted by atomic mass is 35.5. The molecule has 0 aliphatic rings. The average molecular weight is 293 g/mol. The summed E-state index contributed by atoms with van der Waals surface area (Å²) in [5, 5.41) is 0.533. The van der Waals surface area contributed by atoms with Crippen molar-refractivity contribution >= 4 is 23.0 Å². The highest BCUT2D eigenvalue weighted by molar-refractivity contribution is 6.32. The van der Waals surface area contributed by atoms with Gasteiger partial charge in [0.25, 0.3) is 0 Å². The van der Waals surface area contributed by atoms with E-state index in [9.17, 15) is 0 Å². The summed E-state index contributed by atoms with van der Waals surface area (Å²) in [5.74, 6) is 1.19. The topological polar surface area (TPSA) is 48.1 Å². The molecular formula is C16H21ClN2O. The molecule has 0 unspecified atom stereocenters. The van der Waals surface area contributed by atoms with Crippen molar-refractivity contribution in [2.45, 2.75) is 26.7 Å². The molecule has 108 valence electrons. The highest BCUT2D eigenvalue weighted by Gasteiger charge is 2.13. The van der Waals surface area contributed by atoms with Gasteiger partial charge in [-0.3, -0.25) is 0 Å². The number of nitrogen functional groups attached to an aromatic ring is 1. The number of rotatable bonds is 7. The summed E-state index contributed by atoms with van der Waals surface area (Å²) in [6, 6.07) is 1.74. The Labute approximate surface area is 125 Å². The normalized spacial score (nSPS) is 12.3. The van der Waals surface area contributed by atoms with Crippen molar-refractivity contribution in [2.24, 2.45) is 0 Å². The fraction of sp³-hybridized carbons (Fsp3) is 0.312. The number of hydrogen-bond donors (Lipinski definition) is 1. The van der Waals surface area contributed by atoms with Crippen LogP contribution >= 0.6 is 11.6 Å². The standard InChI is InChI=1S/C16H21ClN2O/c1-4-7-9-20-15(6-3)12(8-5-2)13-10-16(18)19-11-14(13)17/h5-6,8,10-11H,2,4,7,9H2,1,3H3,(H2,18,19)/b12-8-,15-6+. The Morgan fingerprint density at radius 1 is 1.55 bits per heavy atom. The second-order valence-corrected chi connectivity index (χ2v) is 4.67. The monoisotopic (exact) mass is 292 g/mol. The van der Waals surface area contributed by atoms with Crippen molar-refractivity contribution in [2.75, 3.05) is 12.3 Å². The van der Waals surface area contributed by atoms with E-state index in [-0.39, 0.29) is 0 Å². The van der Waals surface area contributed by atoms with Gasteiger partial charge in [0.2, 0.25) is 0 Å². The van der Waals surface area contributed by atoms with Gasteiger partial charge in [0.05, 0.1) is 11.6 Å². The zero-order valence-electron chi connectivity index (χ0n) is 12.0. The minimum absolute atomic E-state index is 0.420. The first-order valence-corrected chi connectivity index (χ1v) is 7.05. The number of halogens is 1. The van der Waals surface area contributed by atoms with E-state index in [1.807, 2.05) is 19.1 Å². The van der Waals surface area contributed by atoms with E-state index >= 15 is 0 Å². The first-order chi connectivity index (χ1) is 9.63. The molecule has 0 bridgehead atoms. The molecule has 0 radical (unpaired) electrons. The lowest BCUT2D eigenvalue weighted by molar-refractivity contribution is 0.222. The number of aromatic nitrogens is 1. The van der Waals surface area contributed by atoms with Gasteiger partial charge >= 0.3 is 0 Å². The molecule has 1 aromatic heterocycles. The number of nitrogens with zero attached hydrogens (tertiary/aromatic N) is 1. The molecule has 0 aliphatic heterocycles. The molecule has 0 fully saturated rings. The van der Waals surface area contributed by atoms with E-state index in [4.69, 9.17) is 22.1 Å². The predicted octanol–water partition coefficient (Wildman–Crippen LogP) is 4.61. The lowest BCUT2D eigenvalue weighted by Gasteiger charge is -2.15. The smallest absolute Gasteiger partial charge is 0.124 e. The van der Waals surface area contributed by atoms with Gasteiger partial charge in [-0.25, -0.2) is 4.98 Å². The number of anilines is 1. The summed E-state index contributed by atoms with van der Waals surface area (Å²) in [6.07, 6.45) is 9.11. The fourth-order valence-electron chi connectivity index (χ4n) is 1.73. The Morgan fingerprint density at radius 2 is 2.30 bits per heavy atom. The van der Waals surface area contributed by atoms with Crippen LogP contribution in [-0.4, -0.2) is 11.6 Å². The second kappa shape index (κ2) is 8.43. The molecular weight excluding hydrogens is 272 g/mol. The van der Waals surface area contributed by atoms with Gasteiger partial charge < -0.3 is 10.5 Å². The maximum Gasteiger partial charge on any atom is 0.124 e. The van der Waals surface area contributed by atoms with Crippen LogP contribution in [0, 0.1) is 0 Å². The van der Waals surface area contributed by atoms with Crippen LogP contribution in [0.25, 0.3) is 5.57 Å². The first kappa shape index (κ1) is 16.3.